The van der Waals surface area contributed by atoms with Gasteiger partial charge in [0.2, 0.25) is 5.91 Å². The lowest BCUT2D eigenvalue weighted by atomic mass is 9.64. The molecule has 2 aromatic carbocycles. The third-order valence-corrected chi connectivity index (χ3v) is 4.86. The predicted octanol–water partition coefficient (Wildman–Crippen LogP) is 3.94. The molecule has 0 heterocycles. The lowest BCUT2D eigenvalue weighted by Crippen LogP contribution is -2.45. The minimum Gasteiger partial charge on any atom is -0.447 e. The number of ether oxygens (including phenoxy) is 2. The van der Waals surface area contributed by atoms with Crippen LogP contribution in [0.1, 0.15) is 24.8 Å². The maximum atomic E-state index is 13.0. The molecule has 1 aliphatic carbocycles. The van der Waals surface area contributed by atoms with Crippen molar-refractivity contribution in [2.24, 2.45) is 0 Å². The second-order valence-corrected chi connectivity index (χ2v) is 6.59. The van der Waals surface area contributed by atoms with Crippen molar-refractivity contribution >= 4 is 23.4 Å². The molecule has 0 aliphatic heterocycles. The van der Waals surface area contributed by atoms with Crippen molar-refractivity contribution in [1.82, 2.24) is 0 Å². The Morgan fingerprint density at radius 3 is 2.30 bits per heavy atom. The predicted molar refractivity (Wildman–Crippen MR) is 104 cm³/mol. The summed E-state index contributed by atoms with van der Waals surface area (Å²) in [6, 6.07) is 16.9. The van der Waals surface area contributed by atoms with Crippen LogP contribution in [0, 0.1) is 0 Å². The Hall–Kier alpha value is -2.86. The number of rotatable bonds is 7. The Morgan fingerprint density at radius 1 is 0.963 bits per heavy atom. The minimum absolute atomic E-state index is 0.0141. The van der Waals surface area contributed by atoms with E-state index in [1.54, 1.807) is 24.3 Å². The Kier molecular flexibility index (Phi) is 6.08. The number of hydrogen-bond donors (Lipinski definition) is 2. The summed E-state index contributed by atoms with van der Waals surface area (Å²) in [6.07, 6.45) is 2.16. The van der Waals surface area contributed by atoms with Crippen molar-refractivity contribution in [3.05, 3.63) is 60.2 Å². The monoisotopic (exact) mass is 368 g/mol. The first-order valence-corrected chi connectivity index (χ1v) is 9.04. The average Bonchev–Trinajstić information content (AvgIpc) is 2.62. The number of amides is 2. The molecule has 0 radical (unpaired) electrons. The Bertz CT molecular complexity index is 788. The molecule has 6 heteroatoms. The quantitative estimate of drug-likeness (QED) is 0.726. The molecule has 0 atom stereocenters. The van der Waals surface area contributed by atoms with Gasteiger partial charge in [0, 0.05) is 18.5 Å². The molecule has 2 N–H and O–H groups in total. The van der Waals surface area contributed by atoms with Crippen molar-refractivity contribution in [1.29, 1.82) is 0 Å². The third kappa shape index (κ3) is 4.46. The molecule has 3 rings (SSSR count). The standard InChI is InChI=1S/C21H24N2O4/c1-26-13-14-27-20(25)23-18-10-5-9-17(15-18)22-19(24)21(11-6-12-21)16-7-3-2-4-8-16/h2-5,7-10,15H,6,11-14H2,1H3,(H,22,24)(H,23,25). The fraction of sp³-hybridized carbons (Fsp3) is 0.333. The van der Waals surface area contributed by atoms with E-state index in [2.05, 4.69) is 10.6 Å². The molecule has 0 spiro atoms. The highest BCUT2D eigenvalue weighted by Crippen LogP contribution is 2.44. The van der Waals surface area contributed by atoms with Crippen LogP contribution in [0.4, 0.5) is 16.2 Å². The Morgan fingerprint density at radius 2 is 1.67 bits per heavy atom. The summed E-state index contributed by atoms with van der Waals surface area (Å²) < 4.78 is 9.82. The van der Waals surface area contributed by atoms with E-state index in [4.69, 9.17) is 9.47 Å². The smallest absolute Gasteiger partial charge is 0.411 e. The van der Waals surface area contributed by atoms with E-state index in [1.165, 1.54) is 7.11 Å². The molecule has 1 fully saturated rings. The number of carbonyl (C=O) groups excluding carboxylic acids is 2. The summed E-state index contributed by atoms with van der Waals surface area (Å²) in [5.74, 6) is -0.0141. The van der Waals surface area contributed by atoms with E-state index in [-0.39, 0.29) is 12.5 Å². The van der Waals surface area contributed by atoms with Gasteiger partial charge in [-0.05, 0) is 36.6 Å². The summed E-state index contributed by atoms with van der Waals surface area (Å²) in [4.78, 5) is 24.7. The summed E-state index contributed by atoms with van der Waals surface area (Å²) in [7, 11) is 1.54. The zero-order chi connectivity index (χ0) is 19.1. The molecule has 2 aromatic rings. The van der Waals surface area contributed by atoms with Gasteiger partial charge >= 0.3 is 6.09 Å². The van der Waals surface area contributed by atoms with Crippen LogP contribution in [0.5, 0.6) is 0 Å². The van der Waals surface area contributed by atoms with Gasteiger partial charge in [-0.2, -0.15) is 0 Å². The molecule has 2 amide bonds. The maximum absolute atomic E-state index is 13.0. The van der Waals surface area contributed by atoms with Gasteiger partial charge in [0.25, 0.3) is 0 Å². The first-order valence-electron chi connectivity index (χ1n) is 9.04. The van der Waals surface area contributed by atoms with Crippen LogP contribution in [0.25, 0.3) is 0 Å². The molecular formula is C21H24N2O4. The average molecular weight is 368 g/mol. The lowest BCUT2D eigenvalue weighted by Gasteiger charge is -2.40. The van der Waals surface area contributed by atoms with Crippen molar-refractivity contribution in [3.8, 4) is 0 Å². The Labute approximate surface area is 158 Å². The molecule has 6 nitrogen and oxygen atoms in total. The van der Waals surface area contributed by atoms with Crippen LogP contribution < -0.4 is 10.6 Å². The second-order valence-electron chi connectivity index (χ2n) is 6.59. The summed E-state index contributed by atoms with van der Waals surface area (Å²) in [5.41, 5.74) is 1.77. The number of anilines is 2. The highest BCUT2D eigenvalue weighted by molar-refractivity contribution is 6.00. The summed E-state index contributed by atoms with van der Waals surface area (Å²) in [6.45, 7) is 0.517. The van der Waals surface area contributed by atoms with Crippen LogP contribution in [-0.2, 0) is 19.7 Å². The molecular weight excluding hydrogens is 344 g/mol. The van der Waals surface area contributed by atoms with Crippen LogP contribution in [-0.4, -0.2) is 32.3 Å². The number of methoxy groups -OCH3 is 1. The summed E-state index contributed by atoms with van der Waals surface area (Å²) >= 11 is 0. The van der Waals surface area contributed by atoms with Gasteiger partial charge in [-0.3, -0.25) is 10.1 Å². The van der Waals surface area contributed by atoms with E-state index in [0.29, 0.717) is 18.0 Å². The SMILES string of the molecule is COCCOC(=O)Nc1cccc(NC(=O)C2(c3ccccc3)CCC2)c1. The van der Waals surface area contributed by atoms with Crippen LogP contribution in [0.2, 0.25) is 0 Å². The molecule has 0 unspecified atom stereocenters. The van der Waals surface area contributed by atoms with Crippen molar-refractivity contribution in [3.63, 3.8) is 0 Å². The molecule has 27 heavy (non-hydrogen) atoms. The second kappa shape index (κ2) is 8.68. The van der Waals surface area contributed by atoms with Gasteiger partial charge in [0.1, 0.15) is 6.61 Å². The number of benzene rings is 2. The highest BCUT2D eigenvalue weighted by atomic mass is 16.6. The maximum Gasteiger partial charge on any atom is 0.411 e. The molecule has 1 saturated carbocycles. The van der Waals surface area contributed by atoms with Crippen LogP contribution in [0.3, 0.4) is 0 Å². The third-order valence-electron chi connectivity index (χ3n) is 4.86. The fourth-order valence-electron chi connectivity index (χ4n) is 3.23. The Balaban J connectivity index is 1.65. The van der Waals surface area contributed by atoms with E-state index in [9.17, 15) is 9.59 Å². The topological polar surface area (TPSA) is 76.7 Å². The van der Waals surface area contributed by atoms with E-state index >= 15 is 0 Å². The number of carbonyl (C=O) groups is 2. The highest BCUT2D eigenvalue weighted by Gasteiger charge is 2.45. The molecule has 0 aromatic heterocycles. The minimum atomic E-state index is -0.560. The van der Waals surface area contributed by atoms with Crippen LogP contribution >= 0.6 is 0 Å². The fourth-order valence-corrected chi connectivity index (χ4v) is 3.23. The van der Waals surface area contributed by atoms with Gasteiger partial charge in [0.15, 0.2) is 0 Å². The molecule has 0 saturated heterocycles. The molecule has 142 valence electrons. The zero-order valence-corrected chi connectivity index (χ0v) is 15.4. The molecule has 0 bridgehead atoms. The normalized spacial score (nSPS) is 14.7. The number of hydrogen-bond acceptors (Lipinski definition) is 4. The zero-order valence-electron chi connectivity index (χ0n) is 15.4. The van der Waals surface area contributed by atoms with Crippen molar-refractivity contribution < 1.29 is 19.1 Å². The van der Waals surface area contributed by atoms with Gasteiger partial charge in [0.05, 0.1) is 12.0 Å². The van der Waals surface area contributed by atoms with E-state index in [0.717, 1.165) is 24.8 Å². The molecule has 1 aliphatic rings. The number of nitrogens with one attached hydrogen (secondary N) is 2. The van der Waals surface area contributed by atoms with E-state index < -0.39 is 11.5 Å². The first kappa shape index (κ1) is 18.9. The van der Waals surface area contributed by atoms with E-state index in [1.807, 2.05) is 30.3 Å². The van der Waals surface area contributed by atoms with Gasteiger partial charge in [-0.1, -0.05) is 42.8 Å². The lowest BCUT2D eigenvalue weighted by molar-refractivity contribution is -0.124. The largest absolute Gasteiger partial charge is 0.447 e. The van der Waals surface area contributed by atoms with Gasteiger partial charge in [-0.25, -0.2) is 4.79 Å². The van der Waals surface area contributed by atoms with Gasteiger partial charge in [-0.15, -0.1) is 0 Å². The first-order chi connectivity index (χ1) is 13.1. The van der Waals surface area contributed by atoms with Crippen molar-refractivity contribution in [2.45, 2.75) is 24.7 Å². The van der Waals surface area contributed by atoms with Crippen LogP contribution in [0.15, 0.2) is 54.6 Å². The van der Waals surface area contributed by atoms with Gasteiger partial charge < -0.3 is 14.8 Å². The summed E-state index contributed by atoms with van der Waals surface area (Å²) in [5, 5.41) is 5.64. The van der Waals surface area contributed by atoms with Crippen molar-refractivity contribution in [2.75, 3.05) is 31.0 Å².